The van der Waals surface area contributed by atoms with Gasteiger partial charge in [0.2, 0.25) is 0 Å². The highest BCUT2D eigenvalue weighted by Gasteiger charge is 2.39. The van der Waals surface area contributed by atoms with Crippen LogP contribution in [0.4, 0.5) is 0 Å². The third-order valence-electron chi connectivity index (χ3n) is 12.6. The molecule has 3 nitrogen and oxygen atoms in total. The van der Waals surface area contributed by atoms with Crippen LogP contribution < -0.4 is 0 Å². The van der Waals surface area contributed by atoms with Gasteiger partial charge in [0.1, 0.15) is 5.82 Å². The molecule has 9 aromatic carbocycles. The van der Waals surface area contributed by atoms with E-state index >= 15 is 0 Å². The molecule has 0 amide bonds. The summed E-state index contributed by atoms with van der Waals surface area (Å²) in [6, 6.07) is 68.0. The Kier molecular flexibility index (Phi) is 6.98. The number of hydrogen-bond donors (Lipinski definition) is 0. The number of fused-ring (bicyclic) bond motifs is 12. The molecule has 0 radical (unpaired) electrons. The molecule has 0 fully saturated rings. The molecule has 1 aliphatic rings. The van der Waals surface area contributed by atoms with Crippen molar-refractivity contribution in [2.75, 3.05) is 0 Å². The Morgan fingerprint density at radius 1 is 0.448 bits per heavy atom. The maximum absolute atomic E-state index is 5.40. The predicted octanol–water partition coefficient (Wildman–Crippen LogP) is 14.3. The molecule has 12 rings (SSSR count). The van der Waals surface area contributed by atoms with Gasteiger partial charge in [0.05, 0.1) is 22.2 Å². The van der Waals surface area contributed by atoms with Crippen LogP contribution in [0.5, 0.6) is 0 Å². The summed E-state index contributed by atoms with van der Waals surface area (Å²) in [5, 5.41) is 8.49. The highest BCUT2D eigenvalue weighted by atomic mass is 15.1. The van der Waals surface area contributed by atoms with Crippen molar-refractivity contribution in [3.05, 3.63) is 199 Å². The second-order valence-corrected chi connectivity index (χ2v) is 16.1. The second-order valence-electron chi connectivity index (χ2n) is 16.1. The quantitative estimate of drug-likeness (QED) is 0.168. The van der Waals surface area contributed by atoms with Gasteiger partial charge in [0.15, 0.2) is 0 Å². The molecule has 2 aromatic heterocycles. The summed E-state index contributed by atoms with van der Waals surface area (Å²) >= 11 is 0. The normalized spacial score (nSPS) is 13.1. The molecule has 0 spiro atoms. The second kappa shape index (κ2) is 12.3. The molecule has 0 saturated carbocycles. The van der Waals surface area contributed by atoms with Crippen LogP contribution in [-0.2, 0) is 5.41 Å². The van der Waals surface area contributed by atoms with E-state index in [1.165, 1.54) is 71.3 Å². The summed E-state index contributed by atoms with van der Waals surface area (Å²) in [6.07, 6.45) is 0. The average Bonchev–Trinajstić information content (AvgIpc) is 3.80. The minimum atomic E-state index is -0.207. The van der Waals surface area contributed by atoms with Gasteiger partial charge in [-0.2, -0.15) is 0 Å². The lowest BCUT2D eigenvalue weighted by molar-refractivity contribution is 0.662. The molecule has 58 heavy (non-hydrogen) atoms. The summed E-state index contributed by atoms with van der Waals surface area (Å²) in [7, 11) is 0. The van der Waals surface area contributed by atoms with Gasteiger partial charge in [-0.3, -0.25) is 4.57 Å². The number of benzene rings is 9. The molecule has 0 unspecified atom stereocenters. The molecule has 1 aliphatic carbocycles. The van der Waals surface area contributed by atoms with Crippen LogP contribution in [-0.4, -0.2) is 14.5 Å². The van der Waals surface area contributed by atoms with Crippen LogP contribution in [0.15, 0.2) is 188 Å². The first-order valence-electron chi connectivity index (χ1n) is 20.1. The molecule has 0 atom stereocenters. The monoisotopic (exact) mass is 739 g/mol. The minimum Gasteiger partial charge on any atom is -0.292 e. The molecule has 2 heterocycles. The van der Waals surface area contributed by atoms with Crippen molar-refractivity contribution >= 4 is 54.3 Å². The van der Waals surface area contributed by atoms with Gasteiger partial charge in [-0.15, -0.1) is 0 Å². The predicted molar refractivity (Wildman–Crippen MR) is 243 cm³/mol. The van der Waals surface area contributed by atoms with E-state index in [4.69, 9.17) is 9.97 Å². The zero-order valence-corrected chi connectivity index (χ0v) is 32.2. The highest BCUT2D eigenvalue weighted by Crippen LogP contribution is 2.54. The van der Waals surface area contributed by atoms with Crippen molar-refractivity contribution in [3.8, 4) is 50.6 Å². The molecule has 0 saturated heterocycles. The number of aromatic nitrogens is 3. The lowest BCUT2D eigenvalue weighted by atomic mass is 9.78. The topological polar surface area (TPSA) is 30.7 Å². The first-order valence-corrected chi connectivity index (χ1v) is 20.1. The van der Waals surface area contributed by atoms with Crippen molar-refractivity contribution < 1.29 is 0 Å². The zero-order valence-electron chi connectivity index (χ0n) is 32.2. The highest BCUT2D eigenvalue weighted by molar-refractivity contribution is 6.24. The van der Waals surface area contributed by atoms with Crippen molar-refractivity contribution in [1.29, 1.82) is 0 Å². The molecule has 0 aliphatic heterocycles. The Labute approximate surface area is 336 Å². The fourth-order valence-corrected chi connectivity index (χ4v) is 9.87. The van der Waals surface area contributed by atoms with Crippen LogP contribution in [0.2, 0.25) is 0 Å². The summed E-state index contributed by atoms with van der Waals surface area (Å²) in [5.74, 6) is 0.934. The number of nitrogens with zero attached hydrogens (tertiary/aromatic N) is 3. The maximum Gasteiger partial charge on any atom is 0.145 e. The van der Waals surface area contributed by atoms with Crippen molar-refractivity contribution in [2.24, 2.45) is 0 Å². The summed E-state index contributed by atoms with van der Waals surface area (Å²) in [5.41, 5.74) is 14.9. The van der Waals surface area contributed by atoms with E-state index in [-0.39, 0.29) is 5.41 Å². The number of rotatable bonds is 4. The average molecular weight is 740 g/mol. The summed E-state index contributed by atoms with van der Waals surface area (Å²) in [4.78, 5) is 10.8. The van der Waals surface area contributed by atoms with Gasteiger partial charge in [-0.25, -0.2) is 9.97 Å². The standard InChI is InChI=1S/C55H37N3/c1-55(2)46-23-13-12-22-45(46)51-50(55)48(49-40-17-7-6-14-36(40)30-33-47(49)56-51)37-26-24-34(25-27-37)35-28-31-39(32-29-35)58-53-44-21-11-9-19-42(44)41-18-8-10-20-43(41)52(53)57-54(58)38-15-4-3-5-16-38/h3-33H,1-2H3. The molecule has 3 heteroatoms. The van der Waals surface area contributed by atoms with E-state index in [1.807, 2.05) is 0 Å². The molecule has 0 bridgehead atoms. The molecule has 272 valence electrons. The van der Waals surface area contributed by atoms with E-state index in [1.54, 1.807) is 0 Å². The Morgan fingerprint density at radius 2 is 1.03 bits per heavy atom. The smallest absolute Gasteiger partial charge is 0.145 e. The van der Waals surface area contributed by atoms with Crippen molar-refractivity contribution in [1.82, 2.24) is 14.5 Å². The van der Waals surface area contributed by atoms with Gasteiger partial charge >= 0.3 is 0 Å². The minimum absolute atomic E-state index is 0.207. The van der Waals surface area contributed by atoms with E-state index in [2.05, 4.69) is 206 Å². The van der Waals surface area contributed by atoms with Crippen LogP contribution >= 0.6 is 0 Å². The third kappa shape index (κ3) is 4.68. The van der Waals surface area contributed by atoms with Gasteiger partial charge in [-0.1, -0.05) is 184 Å². The first-order chi connectivity index (χ1) is 28.5. The fourth-order valence-electron chi connectivity index (χ4n) is 9.87. The van der Waals surface area contributed by atoms with E-state index in [0.29, 0.717) is 0 Å². The fraction of sp³-hybridized carbons (Fsp3) is 0.0545. The number of hydrogen-bond acceptors (Lipinski definition) is 2. The van der Waals surface area contributed by atoms with E-state index < -0.39 is 0 Å². The lowest BCUT2D eigenvalue weighted by Gasteiger charge is -2.25. The Bertz CT molecular complexity index is 3450. The van der Waals surface area contributed by atoms with Crippen LogP contribution in [0.25, 0.3) is 105 Å². The van der Waals surface area contributed by atoms with Crippen molar-refractivity contribution in [2.45, 2.75) is 19.3 Å². The Balaban J connectivity index is 1.02. The van der Waals surface area contributed by atoms with Crippen LogP contribution in [0.3, 0.4) is 0 Å². The molecule has 0 N–H and O–H groups in total. The zero-order chi connectivity index (χ0) is 38.5. The summed E-state index contributed by atoms with van der Waals surface area (Å²) in [6.45, 7) is 4.71. The lowest BCUT2D eigenvalue weighted by Crippen LogP contribution is -2.16. The van der Waals surface area contributed by atoms with Gasteiger partial charge in [-0.05, 0) is 73.1 Å². The SMILES string of the molecule is CC1(C)c2ccccc2-c2nc3ccc4ccccc4c3c(-c3ccc(-c4ccc(-n5c(-c6ccccc6)nc6c7ccccc7c7ccccc7c65)cc4)cc3)c21. The Hall–Kier alpha value is -7.36. The van der Waals surface area contributed by atoms with E-state index in [0.717, 1.165) is 44.7 Å². The Morgan fingerprint density at radius 3 is 1.79 bits per heavy atom. The largest absolute Gasteiger partial charge is 0.292 e. The number of imidazole rings is 1. The van der Waals surface area contributed by atoms with E-state index in [9.17, 15) is 0 Å². The van der Waals surface area contributed by atoms with Gasteiger partial charge in [0.25, 0.3) is 0 Å². The number of pyridine rings is 1. The van der Waals surface area contributed by atoms with Crippen LogP contribution in [0.1, 0.15) is 25.0 Å². The van der Waals surface area contributed by atoms with Gasteiger partial charge < -0.3 is 0 Å². The maximum atomic E-state index is 5.40. The van der Waals surface area contributed by atoms with Crippen LogP contribution in [0, 0.1) is 0 Å². The van der Waals surface area contributed by atoms with Gasteiger partial charge in [0, 0.05) is 38.4 Å². The third-order valence-corrected chi connectivity index (χ3v) is 12.6. The molecule has 11 aromatic rings. The summed E-state index contributed by atoms with van der Waals surface area (Å²) < 4.78 is 2.35. The molecular formula is C55H37N3. The van der Waals surface area contributed by atoms with Crippen molar-refractivity contribution in [3.63, 3.8) is 0 Å². The molecular weight excluding hydrogens is 703 g/mol. The first kappa shape index (κ1) is 32.8.